The van der Waals surface area contributed by atoms with Gasteiger partial charge in [0.25, 0.3) is 0 Å². The van der Waals surface area contributed by atoms with Crippen LogP contribution in [0.3, 0.4) is 0 Å². The van der Waals surface area contributed by atoms with E-state index in [1.807, 2.05) is 20.8 Å². The van der Waals surface area contributed by atoms with Crippen LogP contribution < -0.4 is 16.4 Å². The summed E-state index contributed by atoms with van der Waals surface area (Å²) in [4.78, 5) is 25.3. The highest BCUT2D eigenvalue weighted by atomic mass is 19.1. The number of nitrogens with one attached hydrogen (secondary N) is 2. The number of amides is 3. The molecule has 2 aliphatic rings. The molecule has 0 saturated heterocycles. The van der Waals surface area contributed by atoms with Crippen molar-refractivity contribution in [2.24, 2.45) is 11.7 Å². The normalized spacial score (nSPS) is 21.4. The first kappa shape index (κ1) is 24.5. The summed E-state index contributed by atoms with van der Waals surface area (Å²) < 4.78 is 33.0. The van der Waals surface area contributed by atoms with Crippen LogP contribution in [0.25, 0.3) is 0 Å². The Bertz CT molecular complexity index is 930. The monoisotopic (exact) mass is 462 g/mol. The maximum absolute atomic E-state index is 14.4. The van der Waals surface area contributed by atoms with Gasteiger partial charge in [0.15, 0.2) is 0 Å². The lowest BCUT2D eigenvalue weighted by molar-refractivity contribution is 0.0489. The third kappa shape index (κ3) is 6.94. The first-order valence-electron chi connectivity index (χ1n) is 11.2. The van der Waals surface area contributed by atoms with Crippen molar-refractivity contribution in [3.8, 4) is 0 Å². The first-order valence-corrected chi connectivity index (χ1v) is 11.2. The highest BCUT2D eigenvalue weighted by Crippen LogP contribution is 2.35. The van der Waals surface area contributed by atoms with Gasteiger partial charge in [-0.05, 0) is 81.7 Å². The third-order valence-corrected chi connectivity index (χ3v) is 5.69. The zero-order chi connectivity index (χ0) is 24.2. The molecule has 4 N–H and O–H groups in total. The Kier molecular flexibility index (Phi) is 7.61. The van der Waals surface area contributed by atoms with Crippen LogP contribution >= 0.6 is 0 Å². The molecule has 33 heavy (non-hydrogen) atoms. The first-order chi connectivity index (χ1) is 15.5. The van der Waals surface area contributed by atoms with Crippen molar-refractivity contribution in [2.75, 3.05) is 6.54 Å². The number of hydrogen-bond donors (Lipinski definition) is 3. The molecule has 1 aliphatic carbocycles. The molecule has 1 saturated carbocycles. The van der Waals surface area contributed by atoms with Gasteiger partial charge in [-0.25, -0.2) is 18.4 Å². The van der Waals surface area contributed by atoms with Crippen molar-refractivity contribution in [3.05, 3.63) is 58.9 Å². The van der Waals surface area contributed by atoms with E-state index in [4.69, 9.17) is 10.5 Å². The highest BCUT2D eigenvalue weighted by Gasteiger charge is 2.32. The van der Waals surface area contributed by atoms with Gasteiger partial charge in [-0.1, -0.05) is 12.1 Å². The maximum atomic E-state index is 14.4. The fraction of sp³-hybridized carbons (Fsp3) is 0.500. The lowest BCUT2D eigenvalue weighted by Gasteiger charge is -2.35. The number of nitrogens with two attached hydrogens (primary N) is 1. The Morgan fingerprint density at radius 1 is 1.12 bits per heavy atom. The van der Waals surface area contributed by atoms with Crippen LogP contribution in [-0.4, -0.2) is 35.2 Å². The van der Waals surface area contributed by atoms with E-state index in [-0.39, 0.29) is 24.3 Å². The van der Waals surface area contributed by atoms with E-state index in [1.165, 1.54) is 23.1 Å². The molecule has 1 aliphatic heterocycles. The summed E-state index contributed by atoms with van der Waals surface area (Å²) in [6.45, 7) is 5.52. The van der Waals surface area contributed by atoms with Crippen LogP contribution in [-0.2, 0) is 11.3 Å². The minimum absolute atomic E-state index is 0.00898. The number of carbonyl (C=O) groups excluding carboxylic acids is 2. The molecule has 0 aromatic heterocycles. The SMILES string of the molecule is CC(C)(C)OC(=O)NC1CCC(C2=C(NCc3ccc(F)cc3)N(C(N)=O)CC(F)=C2)CC1. The molecule has 1 aromatic carbocycles. The molecule has 7 nitrogen and oxygen atoms in total. The summed E-state index contributed by atoms with van der Waals surface area (Å²) >= 11 is 0. The molecular formula is C24H32F2N4O3. The summed E-state index contributed by atoms with van der Waals surface area (Å²) in [6.07, 6.45) is 3.82. The molecule has 0 spiro atoms. The standard InChI is InChI=1S/C24H32F2N4O3/c1-24(2,3)33-23(32)29-19-10-6-16(7-11-19)20-12-18(26)14-30(22(27)31)21(20)28-13-15-4-8-17(25)9-5-15/h4-5,8-9,12,16,19,28H,6-7,10-11,13-14H2,1-3H3,(H2,27,31)(H,29,32). The molecule has 0 unspecified atom stereocenters. The quantitative estimate of drug-likeness (QED) is 0.602. The number of benzene rings is 1. The van der Waals surface area contributed by atoms with Crippen LogP contribution in [0.5, 0.6) is 0 Å². The average molecular weight is 463 g/mol. The fourth-order valence-electron chi connectivity index (χ4n) is 4.18. The van der Waals surface area contributed by atoms with Gasteiger partial charge >= 0.3 is 12.1 Å². The van der Waals surface area contributed by atoms with E-state index in [0.717, 1.165) is 5.56 Å². The second-order valence-corrected chi connectivity index (χ2v) is 9.49. The van der Waals surface area contributed by atoms with E-state index < -0.39 is 23.6 Å². The van der Waals surface area contributed by atoms with E-state index in [0.29, 0.717) is 43.6 Å². The highest BCUT2D eigenvalue weighted by molar-refractivity contribution is 5.75. The Hall–Kier alpha value is -3.10. The molecule has 1 heterocycles. The molecule has 0 bridgehead atoms. The van der Waals surface area contributed by atoms with Crippen molar-refractivity contribution >= 4 is 12.1 Å². The Morgan fingerprint density at radius 2 is 1.76 bits per heavy atom. The lowest BCUT2D eigenvalue weighted by Crippen LogP contribution is -2.44. The zero-order valence-corrected chi connectivity index (χ0v) is 19.3. The Morgan fingerprint density at radius 3 is 2.33 bits per heavy atom. The number of carbonyl (C=O) groups is 2. The average Bonchev–Trinajstić information content (AvgIpc) is 2.72. The molecule has 9 heteroatoms. The van der Waals surface area contributed by atoms with E-state index >= 15 is 0 Å². The van der Waals surface area contributed by atoms with Crippen LogP contribution in [0.15, 0.2) is 47.6 Å². The molecule has 1 fully saturated rings. The summed E-state index contributed by atoms with van der Waals surface area (Å²) in [5, 5.41) is 6.11. The van der Waals surface area contributed by atoms with Gasteiger partial charge in [-0.2, -0.15) is 0 Å². The van der Waals surface area contributed by atoms with E-state index in [2.05, 4.69) is 10.6 Å². The minimum Gasteiger partial charge on any atom is -0.444 e. The predicted octanol–water partition coefficient (Wildman–Crippen LogP) is 4.46. The van der Waals surface area contributed by atoms with Gasteiger partial charge in [-0.3, -0.25) is 4.90 Å². The number of allylic oxidation sites excluding steroid dienone is 2. The zero-order valence-electron chi connectivity index (χ0n) is 19.3. The topological polar surface area (TPSA) is 96.7 Å². The summed E-state index contributed by atoms with van der Waals surface area (Å²) in [7, 11) is 0. The number of urea groups is 1. The number of primary amides is 1. The number of nitrogens with zero attached hydrogens (tertiary/aromatic N) is 1. The van der Waals surface area contributed by atoms with Crippen LogP contribution in [0.2, 0.25) is 0 Å². The van der Waals surface area contributed by atoms with E-state index in [9.17, 15) is 18.4 Å². The predicted molar refractivity (Wildman–Crippen MR) is 121 cm³/mol. The van der Waals surface area contributed by atoms with Gasteiger partial charge in [0.2, 0.25) is 0 Å². The minimum atomic E-state index is -0.752. The molecule has 3 amide bonds. The smallest absolute Gasteiger partial charge is 0.407 e. The van der Waals surface area contributed by atoms with Crippen LogP contribution in [0.1, 0.15) is 52.0 Å². The van der Waals surface area contributed by atoms with Crippen molar-refractivity contribution < 1.29 is 23.1 Å². The van der Waals surface area contributed by atoms with Gasteiger partial charge < -0.3 is 21.1 Å². The van der Waals surface area contributed by atoms with Crippen molar-refractivity contribution in [1.82, 2.24) is 15.5 Å². The summed E-state index contributed by atoms with van der Waals surface area (Å²) in [5.74, 6) is -0.316. The third-order valence-electron chi connectivity index (χ3n) is 5.69. The van der Waals surface area contributed by atoms with Gasteiger partial charge in [0.1, 0.15) is 23.1 Å². The second-order valence-electron chi connectivity index (χ2n) is 9.49. The van der Waals surface area contributed by atoms with Gasteiger partial charge in [0.05, 0.1) is 6.54 Å². The van der Waals surface area contributed by atoms with Gasteiger partial charge in [-0.15, -0.1) is 0 Å². The second kappa shape index (κ2) is 10.2. The number of alkyl carbamates (subject to hydrolysis) is 1. The molecule has 180 valence electrons. The summed E-state index contributed by atoms with van der Waals surface area (Å²) in [5.41, 5.74) is 6.46. The summed E-state index contributed by atoms with van der Waals surface area (Å²) in [6, 6.07) is 5.22. The largest absolute Gasteiger partial charge is 0.444 e. The number of halogens is 2. The lowest BCUT2D eigenvalue weighted by atomic mass is 9.80. The van der Waals surface area contributed by atoms with Gasteiger partial charge in [0, 0.05) is 12.6 Å². The van der Waals surface area contributed by atoms with Crippen molar-refractivity contribution in [3.63, 3.8) is 0 Å². The fourth-order valence-corrected chi connectivity index (χ4v) is 4.18. The Balaban J connectivity index is 1.72. The maximum Gasteiger partial charge on any atom is 0.407 e. The number of hydrogen-bond acceptors (Lipinski definition) is 4. The molecule has 0 radical (unpaired) electrons. The number of rotatable bonds is 5. The van der Waals surface area contributed by atoms with Crippen molar-refractivity contribution in [1.29, 1.82) is 0 Å². The number of ether oxygens (including phenoxy) is 1. The van der Waals surface area contributed by atoms with Crippen LogP contribution in [0.4, 0.5) is 18.4 Å². The molecule has 3 rings (SSSR count). The van der Waals surface area contributed by atoms with Crippen LogP contribution in [0, 0.1) is 11.7 Å². The Labute approximate surface area is 193 Å². The molecule has 1 aromatic rings. The molecule has 0 atom stereocenters. The molecular weight excluding hydrogens is 430 g/mol. The van der Waals surface area contributed by atoms with E-state index in [1.54, 1.807) is 12.1 Å². The van der Waals surface area contributed by atoms with Crippen molar-refractivity contribution in [2.45, 2.75) is 64.6 Å².